The zero-order valence-electron chi connectivity index (χ0n) is 11.4. The molecule has 0 aliphatic heterocycles. The maximum Gasteiger partial charge on any atom is 0.0790 e. The van der Waals surface area contributed by atoms with Crippen molar-refractivity contribution in [2.75, 3.05) is 0 Å². The number of benzene rings is 1. The number of rotatable bonds is 3. The van der Waals surface area contributed by atoms with Crippen LogP contribution in [0, 0.1) is 6.92 Å². The van der Waals surface area contributed by atoms with E-state index in [-0.39, 0.29) is 6.10 Å². The van der Waals surface area contributed by atoms with Crippen molar-refractivity contribution in [3.8, 4) is 0 Å². The van der Waals surface area contributed by atoms with Gasteiger partial charge >= 0.3 is 0 Å². The van der Waals surface area contributed by atoms with Crippen molar-refractivity contribution in [1.82, 2.24) is 0 Å². The lowest BCUT2D eigenvalue weighted by Gasteiger charge is -2.17. The smallest absolute Gasteiger partial charge is 0.0790 e. The van der Waals surface area contributed by atoms with Gasteiger partial charge in [0.2, 0.25) is 0 Å². The average Bonchev–Trinajstić information content (AvgIpc) is 2.28. The van der Waals surface area contributed by atoms with Gasteiger partial charge in [0.1, 0.15) is 0 Å². The first-order valence-corrected chi connectivity index (χ1v) is 7.18. The first-order valence-electron chi connectivity index (χ1n) is 7.18. The molecule has 1 heteroatoms. The third-order valence-corrected chi connectivity index (χ3v) is 3.77. The van der Waals surface area contributed by atoms with E-state index in [0.29, 0.717) is 0 Å². The van der Waals surface area contributed by atoms with Gasteiger partial charge in [0.25, 0.3) is 0 Å². The number of aryl methyl sites for hydroxylation is 1. The van der Waals surface area contributed by atoms with Crippen molar-refractivity contribution in [3.05, 3.63) is 47.0 Å². The molecule has 1 aromatic carbocycles. The van der Waals surface area contributed by atoms with Gasteiger partial charge in [0, 0.05) is 6.42 Å². The highest BCUT2D eigenvalue weighted by Gasteiger charge is 2.12. The highest BCUT2D eigenvalue weighted by Crippen LogP contribution is 2.21. The molecule has 0 heterocycles. The SMILES string of the molecule is Cc1cccc(CC(O)/C2=C/CCCCCC2)c1. The second-order valence-electron chi connectivity index (χ2n) is 5.44. The molecule has 1 unspecified atom stereocenters. The van der Waals surface area contributed by atoms with Crippen LogP contribution < -0.4 is 0 Å². The Hall–Kier alpha value is -1.08. The van der Waals surface area contributed by atoms with Gasteiger partial charge in [0.15, 0.2) is 0 Å². The van der Waals surface area contributed by atoms with Gasteiger partial charge in [-0.15, -0.1) is 0 Å². The minimum absolute atomic E-state index is 0.287. The molecule has 0 saturated heterocycles. The third-order valence-electron chi connectivity index (χ3n) is 3.77. The second kappa shape index (κ2) is 6.75. The largest absolute Gasteiger partial charge is 0.388 e. The molecule has 0 aromatic heterocycles. The Labute approximate surface area is 111 Å². The molecule has 0 amide bonds. The van der Waals surface area contributed by atoms with E-state index in [4.69, 9.17) is 0 Å². The summed E-state index contributed by atoms with van der Waals surface area (Å²) in [4.78, 5) is 0. The van der Waals surface area contributed by atoms with E-state index in [0.717, 1.165) is 19.3 Å². The van der Waals surface area contributed by atoms with Gasteiger partial charge in [-0.2, -0.15) is 0 Å². The summed E-state index contributed by atoms with van der Waals surface area (Å²) in [5, 5.41) is 10.4. The molecule has 0 saturated carbocycles. The maximum absolute atomic E-state index is 10.4. The van der Waals surface area contributed by atoms with Gasteiger partial charge < -0.3 is 5.11 Å². The molecule has 1 atom stereocenters. The predicted octanol–water partition coefficient (Wildman–Crippen LogP) is 4.18. The molecule has 1 aliphatic rings. The molecule has 98 valence electrons. The summed E-state index contributed by atoms with van der Waals surface area (Å²) in [5.74, 6) is 0. The van der Waals surface area contributed by atoms with E-state index < -0.39 is 0 Å². The number of allylic oxidation sites excluding steroid dienone is 1. The number of aliphatic hydroxyl groups excluding tert-OH is 1. The fourth-order valence-corrected chi connectivity index (χ4v) is 2.71. The molecule has 0 fully saturated rings. The Morgan fingerprint density at radius 2 is 2.00 bits per heavy atom. The minimum Gasteiger partial charge on any atom is -0.388 e. The van der Waals surface area contributed by atoms with Crippen molar-refractivity contribution in [2.24, 2.45) is 0 Å². The van der Waals surface area contributed by atoms with Crippen LogP contribution in [0.5, 0.6) is 0 Å². The van der Waals surface area contributed by atoms with Crippen LogP contribution in [0.25, 0.3) is 0 Å². The normalized spacial score (nSPS) is 21.6. The molecule has 0 bridgehead atoms. The molecular formula is C17H24O. The van der Waals surface area contributed by atoms with Gasteiger partial charge in [0.05, 0.1) is 6.10 Å². The maximum atomic E-state index is 10.4. The zero-order valence-corrected chi connectivity index (χ0v) is 11.4. The fourth-order valence-electron chi connectivity index (χ4n) is 2.71. The quantitative estimate of drug-likeness (QED) is 0.791. The Morgan fingerprint density at radius 1 is 1.17 bits per heavy atom. The lowest BCUT2D eigenvalue weighted by molar-refractivity contribution is 0.205. The first-order chi connectivity index (χ1) is 8.75. The van der Waals surface area contributed by atoms with Gasteiger partial charge in [-0.1, -0.05) is 48.7 Å². The van der Waals surface area contributed by atoms with Crippen LogP contribution in [0.4, 0.5) is 0 Å². The lowest BCUT2D eigenvalue weighted by Crippen LogP contribution is -2.14. The monoisotopic (exact) mass is 244 g/mol. The van der Waals surface area contributed by atoms with Crippen LogP contribution in [0.1, 0.15) is 49.7 Å². The molecule has 1 N–H and O–H groups in total. The molecule has 0 spiro atoms. The van der Waals surface area contributed by atoms with Crippen LogP contribution in [0.15, 0.2) is 35.9 Å². The summed E-state index contributed by atoms with van der Waals surface area (Å²) in [7, 11) is 0. The highest BCUT2D eigenvalue weighted by molar-refractivity contribution is 5.24. The van der Waals surface area contributed by atoms with Crippen molar-refractivity contribution in [2.45, 2.75) is 58.0 Å². The van der Waals surface area contributed by atoms with Crippen molar-refractivity contribution in [1.29, 1.82) is 0 Å². The average molecular weight is 244 g/mol. The Bertz CT molecular complexity index is 406. The van der Waals surface area contributed by atoms with Crippen molar-refractivity contribution < 1.29 is 5.11 Å². The minimum atomic E-state index is -0.287. The molecular weight excluding hydrogens is 220 g/mol. The standard InChI is InChI=1S/C17H24O/c1-14-8-7-9-15(12-14)13-17(18)16-10-5-3-2-4-6-11-16/h7-10,12,17-18H,2-6,11,13H2,1H3/b16-10+. The number of hydrogen-bond acceptors (Lipinski definition) is 1. The molecule has 1 aliphatic carbocycles. The summed E-state index contributed by atoms with van der Waals surface area (Å²) in [6.45, 7) is 2.10. The van der Waals surface area contributed by atoms with Crippen molar-refractivity contribution >= 4 is 0 Å². The zero-order chi connectivity index (χ0) is 12.8. The summed E-state index contributed by atoms with van der Waals surface area (Å²) in [6.07, 6.45) is 10.1. The summed E-state index contributed by atoms with van der Waals surface area (Å²) in [6, 6.07) is 8.46. The summed E-state index contributed by atoms with van der Waals surface area (Å²) >= 11 is 0. The van der Waals surface area contributed by atoms with E-state index in [1.807, 2.05) is 0 Å². The van der Waals surface area contributed by atoms with E-state index in [1.165, 1.54) is 42.4 Å². The first kappa shape index (κ1) is 13.4. The van der Waals surface area contributed by atoms with Crippen LogP contribution >= 0.6 is 0 Å². The summed E-state index contributed by atoms with van der Waals surface area (Å²) < 4.78 is 0. The fraction of sp³-hybridized carbons (Fsp3) is 0.529. The molecule has 0 radical (unpaired) electrons. The molecule has 1 aromatic rings. The van der Waals surface area contributed by atoms with Gasteiger partial charge in [-0.05, 0) is 43.7 Å². The van der Waals surface area contributed by atoms with Crippen LogP contribution in [0.2, 0.25) is 0 Å². The van der Waals surface area contributed by atoms with Crippen LogP contribution in [0.3, 0.4) is 0 Å². The molecule has 18 heavy (non-hydrogen) atoms. The summed E-state index contributed by atoms with van der Waals surface area (Å²) in [5.41, 5.74) is 3.77. The lowest BCUT2D eigenvalue weighted by atomic mass is 9.93. The Balaban J connectivity index is 1.99. The van der Waals surface area contributed by atoms with E-state index in [9.17, 15) is 5.11 Å². The Morgan fingerprint density at radius 3 is 2.83 bits per heavy atom. The number of hydrogen-bond donors (Lipinski definition) is 1. The van der Waals surface area contributed by atoms with Crippen LogP contribution in [-0.4, -0.2) is 11.2 Å². The van der Waals surface area contributed by atoms with E-state index in [1.54, 1.807) is 0 Å². The number of aliphatic hydroxyl groups is 1. The van der Waals surface area contributed by atoms with Gasteiger partial charge in [-0.3, -0.25) is 0 Å². The van der Waals surface area contributed by atoms with E-state index >= 15 is 0 Å². The van der Waals surface area contributed by atoms with Crippen LogP contribution in [-0.2, 0) is 6.42 Å². The predicted molar refractivity (Wildman–Crippen MR) is 76.7 cm³/mol. The second-order valence-corrected chi connectivity index (χ2v) is 5.44. The third kappa shape index (κ3) is 3.99. The molecule has 2 rings (SSSR count). The molecule has 1 nitrogen and oxygen atoms in total. The van der Waals surface area contributed by atoms with Crippen molar-refractivity contribution in [3.63, 3.8) is 0 Å². The highest BCUT2D eigenvalue weighted by atomic mass is 16.3. The Kier molecular flexibility index (Phi) is 5.00. The topological polar surface area (TPSA) is 20.2 Å². The van der Waals surface area contributed by atoms with Gasteiger partial charge in [-0.25, -0.2) is 0 Å². The van der Waals surface area contributed by atoms with E-state index in [2.05, 4.69) is 37.3 Å².